The fourth-order valence-electron chi connectivity index (χ4n) is 2.62. The number of halogens is 1. The first-order valence-electron chi connectivity index (χ1n) is 6.91. The molecular weight excluding hydrogens is 243 g/mol. The molecule has 1 heterocycles. The van der Waals surface area contributed by atoms with E-state index < -0.39 is 0 Å². The summed E-state index contributed by atoms with van der Waals surface area (Å²) in [5, 5.41) is 6.15. The molecule has 1 aromatic carbocycles. The third-order valence-electron chi connectivity index (χ3n) is 3.82. The average molecular weight is 264 g/mol. The first kappa shape index (κ1) is 14.0. The number of nitrogens with one attached hydrogen (secondary N) is 2. The van der Waals surface area contributed by atoms with Crippen LogP contribution in [0, 0.1) is 17.7 Å². The molecule has 1 aromatic rings. The number of rotatable bonds is 4. The van der Waals surface area contributed by atoms with Crippen molar-refractivity contribution < 1.29 is 9.18 Å². The van der Waals surface area contributed by atoms with E-state index in [1.165, 1.54) is 12.1 Å². The first-order chi connectivity index (χ1) is 9.15. The Hall–Kier alpha value is -1.42. The van der Waals surface area contributed by atoms with Gasteiger partial charge in [0.05, 0.1) is 0 Å². The predicted octanol–water partition coefficient (Wildman–Crippen LogP) is 2.79. The molecule has 2 N–H and O–H groups in total. The van der Waals surface area contributed by atoms with E-state index in [1.807, 2.05) is 0 Å². The predicted molar refractivity (Wildman–Crippen MR) is 74.4 cm³/mol. The van der Waals surface area contributed by atoms with Gasteiger partial charge in [-0.1, -0.05) is 6.92 Å². The van der Waals surface area contributed by atoms with E-state index in [0.29, 0.717) is 23.9 Å². The van der Waals surface area contributed by atoms with E-state index in [4.69, 9.17) is 0 Å². The normalized spacial score (nSPS) is 18.0. The van der Waals surface area contributed by atoms with E-state index in [0.717, 1.165) is 25.9 Å². The highest BCUT2D eigenvalue weighted by Crippen LogP contribution is 2.24. The van der Waals surface area contributed by atoms with Crippen LogP contribution in [0.4, 0.5) is 10.1 Å². The molecule has 1 aliphatic rings. The molecule has 4 heteroatoms. The van der Waals surface area contributed by atoms with Crippen molar-refractivity contribution in [3.8, 4) is 0 Å². The van der Waals surface area contributed by atoms with E-state index in [1.54, 1.807) is 12.1 Å². The van der Waals surface area contributed by atoms with Gasteiger partial charge in [-0.15, -0.1) is 0 Å². The molecule has 3 nitrogen and oxygen atoms in total. The maximum absolute atomic E-state index is 12.8. The molecule has 0 aliphatic carbocycles. The highest BCUT2D eigenvalue weighted by Gasteiger charge is 2.21. The Morgan fingerprint density at radius 2 is 2.00 bits per heavy atom. The zero-order valence-corrected chi connectivity index (χ0v) is 11.3. The lowest BCUT2D eigenvalue weighted by molar-refractivity contribution is -0.117. The van der Waals surface area contributed by atoms with E-state index in [-0.39, 0.29) is 11.7 Å². The van der Waals surface area contributed by atoms with Gasteiger partial charge < -0.3 is 10.6 Å². The summed E-state index contributed by atoms with van der Waals surface area (Å²) in [4.78, 5) is 11.9. The van der Waals surface area contributed by atoms with Crippen LogP contribution < -0.4 is 10.6 Å². The monoisotopic (exact) mass is 264 g/mol. The Labute approximate surface area is 113 Å². The van der Waals surface area contributed by atoms with Crippen molar-refractivity contribution in [1.82, 2.24) is 5.32 Å². The topological polar surface area (TPSA) is 41.1 Å². The number of hydrogen-bond donors (Lipinski definition) is 2. The van der Waals surface area contributed by atoms with Crippen molar-refractivity contribution in [3.63, 3.8) is 0 Å². The Bertz CT molecular complexity index is 413. The fraction of sp³-hybridized carbons (Fsp3) is 0.533. The summed E-state index contributed by atoms with van der Waals surface area (Å²) in [6.07, 6.45) is 2.82. The van der Waals surface area contributed by atoms with Gasteiger partial charge in [-0.3, -0.25) is 4.79 Å². The molecular formula is C15H21FN2O. The smallest absolute Gasteiger partial charge is 0.224 e. The SMILES string of the molecule is CC(CC(=O)Nc1ccc(F)cc1)C1CCNCC1. The van der Waals surface area contributed by atoms with Crippen LogP contribution in [-0.4, -0.2) is 19.0 Å². The zero-order valence-electron chi connectivity index (χ0n) is 11.3. The maximum atomic E-state index is 12.8. The lowest BCUT2D eigenvalue weighted by atomic mass is 9.84. The number of benzene rings is 1. The summed E-state index contributed by atoms with van der Waals surface area (Å²) in [6, 6.07) is 5.88. The van der Waals surface area contributed by atoms with Crippen LogP contribution in [0.15, 0.2) is 24.3 Å². The number of carbonyl (C=O) groups excluding carboxylic acids is 1. The Kier molecular flexibility index (Phi) is 4.91. The fourth-order valence-corrected chi connectivity index (χ4v) is 2.62. The van der Waals surface area contributed by atoms with E-state index in [9.17, 15) is 9.18 Å². The molecule has 1 saturated heterocycles. The number of anilines is 1. The third kappa shape index (κ3) is 4.31. The van der Waals surface area contributed by atoms with Crippen LogP contribution in [0.3, 0.4) is 0 Å². The van der Waals surface area contributed by atoms with Gasteiger partial charge in [-0.2, -0.15) is 0 Å². The minimum Gasteiger partial charge on any atom is -0.326 e. The third-order valence-corrected chi connectivity index (χ3v) is 3.82. The van der Waals surface area contributed by atoms with E-state index >= 15 is 0 Å². The number of piperidine rings is 1. The molecule has 0 spiro atoms. The van der Waals surface area contributed by atoms with Crippen LogP contribution in [0.2, 0.25) is 0 Å². The molecule has 19 heavy (non-hydrogen) atoms. The zero-order chi connectivity index (χ0) is 13.7. The minimum atomic E-state index is -0.291. The maximum Gasteiger partial charge on any atom is 0.224 e. The Balaban J connectivity index is 1.81. The highest BCUT2D eigenvalue weighted by molar-refractivity contribution is 5.90. The van der Waals surface area contributed by atoms with Crippen molar-refractivity contribution >= 4 is 11.6 Å². The van der Waals surface area contributed by atoms with E-state index in [2.05, 4.69) is 17.6 Å². The lowest BCUT2D eigenvalue weighted by Crippen LogP contribution is -2.32. The number of hydrogen-bond acceptors (Lipinski definition) is 2. The summed E-state index contributed by atoms with van der Waals surface area (Å²) < 4.78 is 12.8. The Morgan fingerprint density at radius 3 is 2.63 bits per heavy atom. The van der Waals surface area contributed by atoms with Crippen molar-refractivity contribution in [2.45, 2.75) is 26.2 Å². The molecule has 0 bridgehead atoms. The average Bonchev–Trinajstić information content (AvgIpc) is 2.42. The molecule has 1 atom stereocenters. The molecule has 2 rings (SSSR count). The standard InChI is InChI=1S/C15H21FN2O/c1-11(12-6-8-17-9-7-12)10-15(19)18-14-4-2-13(16)3-5-14/h2-5,11-12,17H,6-10H2,1H3,(H,18,19). The molecule has 0 radical (unpaired) electrons. The number of carbonyl (C=O) groups is 1. The first-order valence-corrected chi connectivity index (χ1v) is 6.91. The van der Waals surface area contributed by atoms with Crippen LogP contribution >= 0.6 is 0 Å². The van der Waals surface area contributed by atoms with Gasteiger partial charge in [0.25, 0.3) is 0 Å². The van der Waals surface area contributed by atoms with Crippen molar-refractivity contribution in [3.05, 3.63) is 30.1 Å². The van der Waals surface area contributed by atoms with Gasteiger partial charge in [-0.25, -0.2) is 4.39 Å². The van der Waals surface area contributed by atoms with Gasteiger partial charge in [0.15, 0.2) is 0 Å². The Morgan fingerprint density at radius 1 is 1.37 bits per heavy atom. The van der Waals surface area contributed by atoms with Gasteiger partial charge in [0.1, 0.15) is 5.82 Å². The van der Waals surface area contributed by atoms with Crippen LogP contribution in [-0.2, 0) is 4.79 Å². The second kappa shape index (κ2) is 6.66. The van der Waals surface area contributed by atoms with Gasteiger partial charge in [0, 0.05) is 12.1 Å². The van der Waals surface area contributed by atoms with Crippen LogP contribution in [0.1, 0.15) is 26.2 Å². The molecule has 0 aromatic heterocycles. The van der Waals surface area contributed by atoms with Crippen molar-refractivity contribution in [2.24, 2.45) is 11.8 Å². The van der Waals surface area contributed by atoms with Crippen molar-refractivity contribution in [1.29, 1.82) is 0 Å². The summed E-state index contributed by atoms with van der Waals surface area (Å²) in [5.74, 6) is 0.737. The summed E-state index contributed by atoms with van der Waals surface area (Å²) in [7, 11) is 0. The molecule has 1 fully saturated rings. The van der Waals surface area contributed by atoms with Gasteiger partial charge in [-0.05, 0) is 62.0 Å². The largest absolute Gasteiger partial charge is 0.326 e. The van der Waals surface area contributed by atoms with Gasteiger partial charge in [0.2, 0.25) is 5.91 Å². The van der Waals surface area contributed by atoms with Crippen LogP contribution in [0.5, 0.6) is 0 Å². The summed E-state index contributed by atoms with van der Waals surface area (Å²) in [6.45, 7) is 4.24. The minimum absolute atomic E-state index is 0.0117. The molecule has 104 valence electrons. The van der Waals surface area contributed by atoms with Crippen molar-refractivity contribution in [2.75, 3.05) is 18.4 Å². The quantitative estimate of drug-likeness (QED) is 0.878. The second-order valence-corrected chi connectivity index (χ2v) is 5.32. The molecule has 1 unspecified atom stereocenters. The molecule has 1 amide bonds. The second-order valence-electron chi connectivity index (χ2n) is 5.32. The molecule has 0 saturated carbocycles. The molecule has 1 aliphatic heterocycles. The van der Waals surface area contributed by atoms with Gasteiger partial charge >= 0.3 is 0 Å². The highest BCUT2D eigenvalue weighted by atomic mass is 19.1. The summed E-state index contributed by atoms with van der Waals surface area (Å²) >= 11 is 0. The lowest BCUT2D eigenvalue weighted by Gasteiger charge is -2.27. The van der Waals surface area contributed by atoms with Crippen LogP contribution in [0.25, 0.3) is 0 Å². The summed E-state index contributed by atoms with van der Waals surface area (Å²) in [5.41, 5.74) is 0.656. The number of amides is 1.